The second kappa shape index (κ2) is 6.72. The first kappa shape index (κ1) is 16.5. The Kier molecular flexibility index (Phi) is 4.43. The van der Waals surface area contributed by atoms with Gasteiger partial charge in [-0.3, -0.25) is 14.5 Å². The molecule has 0 radical (unpaired) electrons. The minimum Gasteiger partial charge on any atom is -0.381 e. The average molecular weight is 403 g/mol. The quantitative estimate of drug-likeness (QED) is 0.672. The number of hydrogen-bond acceptors (Lipinski definition) is 4. The molecule has 1 aliphatic rings. The van der Waals surface area contributed by atoms with E-state index in [-0.39, 0.29) is 5.56 Å². The average Bonchev–Trinajstić information content (AvgIpc) is 3.27. The van der Waals surface area contributed by atoms with Crippen LogP contribution in [-0.2, 0) is 18.3 Å². The highest BCUT2D eigenvalue weighted by molar-refractivity contribution is 9.10. The third kappa shape index (κ3) is 3.26. The standard InChI is InChI=1S/C18H19BrN4O2/c1-22-10-14(9-21-22)16-7-17-13(8-20-16)6-15(19)18(24)23(17)4-2-12-3-5-25-11-12/h6-10,12H,2-5,11H2,1H3. The van der Waals surface area contributed by atoms with Crippen LogP contribution in [0.2, 0.25) is 0 Å². The van der Waals surface area contributed by atoms with Crippen molar-refractivity contribution in [1.82, 2.24) is 19.3 Å². The van der Waals surface area contributed by atoms with Crippen molar-refractivity contribution in [3.8, 4) is 11.3 Å². The van der Waals surface area contributed by atoms with Crippen LogP contribution in [0, 0.1) is 5.92 Å². The first-order valence-electron chi connectivity index (χ1n) is 8.37. The lowest BCUT2D eigenvalue weighted by atomic mass is 10.1. The molecule has 7 heteroatoms. The summed E-state index contributed by atoms with van der Waals surface area (Å²) < 4.78 is 9.61. The number of aromatic nitrogens is 4. The number of pyridine rings is 2. The number of fused-ring (bicyclic) bond motifs is 1. The van der Waals surface area contributed by atoms with E-state index < -0.39 is 0 Å². The van der Waals surface area contributed by atoms with Crippen molar-refractivity contribution in [2.45, 2.75) is 19.4 Å². The summed E-state index contributed by atoms with van der Waals surface area (Å²) in [6.45, 7) is 2.30. The van der Waals surface area contributed by atoms with Crippen molar-refractivity contribution in [2.24, 2.45) is 13.0 Å². The molecular weight excluding hydrogens is 384 g/mol. The van der Waals surface area contributed by atoms with Crippen LogP contribution in [-0.4, -0.2) is 32.5 Å². The summed E-state index contributed by atoms with van der Waals surface area (Å²) >= 11 is 3.39. The van der Waals surface area contributed by atoms with Crippen LogP contribution in [0.5, 0.6) is 0 Å². The van der Waals surface area contributed by atoms with Crippen molar-refractivity contribution in [1.29, 1.82) is 0 Å². The highest BCUT2D eigenvalue weighted by atomic mass is 79.9. The molecule has 0 spiro atoms. The van der Waals surface area contributed by atoms with Crippen LogP contribution in [0.25, 0.3) is 22.2 Å². The molecule has 1 saturated heterocycles. The summed E-state index contributed by atoms with van der Waals surface area (Å²) in [7, 11) is 1.88. The van der Waals surface area contributed by atoms with Gasteiger partial charge in [-0.1, -0.05) is 0 Å². The van der Waals surface area contributed by atoms with E-state index in [0.717, 1.165) is 48.2 Å². The maximum atomic E-state index is 12.7. The van der Waals surface area contributed by atoms with Crippen LogP contribution in [0.15, 0.2) is 40.0 Å². The largest absolute Gasteiger partial charge is 0.381 e. The Balaban J connectivity index is 1.77. The molecular formula is C18H19BrN4O2. The predicted octanol–water partition coefficient (Wildman–Crippen LogP) is 2.99. The molecule has 1 atom stereocenters. The summed E-state index contributed by atoms with van der Waals surface area (Å²) in [4.78, 5) is 17.2. The second-order valence-corrected chi connectivity index (χ2v) is 7.35. The monoisotopic (exact) mass is 402 g/mol. The molecule has 0 saturated carbocycles. The van der Waals surface area contributed by atoms with Crippen LogP contribution in [0.3, 0.4) is 0 Å². The molecule has 4 heterocycles. The van der Waals surface area contributed by atoms with Crippen molar-refractivity contribution < 1.29 is 4.74 Å². The number of ether oxygens (including phenoxy) is 1. The van der Waals surface area contributed by atoms with Gasteiger partial charge in [0.2, 0.25) is 0 Å². The normalized spacial score (nSPS) is 17.4. The SMILES string of the molecule is Cn1cc(-c2cc3c(cn2)cc(Br)c(=O)n3CCC2CCOC2)cn1. The fourth-order valence-corrected chi connectivity index (χ4v) is 3.75. The van der Waals surface area contributed by atoms with E-state index in [1.807, 2.05) is 36.1 Å². The summed E-state index contributed by atoms with van der Waals surface area (Å²) in [5.74, 6) is 0.528. The van der Waals surface area contributed by atoms with Crippen LogP contribution in [0.1, 0.15) is 12.8 Å². The topological polar surface area (TPSA) is 61.9 Å². The minimum absolute atomic E-state index is 0.00486. The lowest BCUT2D eigenvalue weighted by molar-refractivity contribution is 0.183. The number of aryl methyl sites for hydroxylation is 2. The number of nitrogens with zero attached hydrogens (tertiary/aromatic N) is 4. The number of rotatable bonds is 4. The molecule has 1 aliphatic heterocycles. The molecule has 3 aromatic rings. The Bertz CT molecular complexity index is 973. The van der Waals surface area contributed by atoms with E-state index in [1.54, 1.807) is 10.9 Å². The molecule has 6 nitrogen and oxygen atoms in total. The second-order valence-electron chi connectivity index (χ2n) is 6.50. The van der Waals surface area contributed by atoms with Crippen molar-refractivity contribution >= 4 is 26.8 Å². The molecule has 0 aliphatic carbocycles. The molecule has 3 aromatic heterocycles. The Labute approximate surface area is 153 Å². The van der Waals surface area contributed by atoms with Gasteiger partial charge in [-0.15, -0.1) is 0 Å². The Hall–Kier alpha value is -1.99. The smallest absolute Gasteiger partial charge is 0.265 e. The highest BCUT2D eigenvalue weighted by Crippen LogP contribution is 2.24. The van der Waals surface area contributed by atoms with Crippen molar-refractivity contribution in [3.63, 3.8) is 0 Å². The minimum atomic E-state index is -0.00486. The Morgan fingerprint density at radius 1 is 1.36 bits per heavy atom. The zero-order valence-corrected chi connectivity index (χ0v) is 15.6. The maximum absolute atomic E-state index is 12.7. The lowest BCUT2D eigenvalue weighted by Crippen LogP contribution is -2.22. The predicted molar refractivity (Wildman–Crippen MR) is 99.4 cm³/mol. The van der Waals surface area contributed by atoms with Crippen LogP contribution in [0.4, 0.5) is 0 Å². The zero-order chi connectivity index (χ0) is 17.4. The molecule has 4 rings (SSSR count). The fourth-order valence-electron chi connectivity index (χ4n) is 3.29. The van der Waals surface area contributed by atoms with E-state index in [9.17, 15) is 4.79 Å². The third-order valence-corrected chi connectivity index (χ3v) is 5.29. The van der Waals surface area contributed by atoms with Crippen LogP contribution >= 0.6 is 15.9 Å². The highest BCUT2D eigenvalue weighted by Gasteiger charge is 2.17. The molecule has 0 bridgehead atoms. The van der Waals surface area contributed by atoms with Gasteiger partial charge in [-0.25, -0.2) is 0 Å². The fraction of sp³-hybridized carbons (Fsp3) is 0.389. The Morgan fingerprint density at radius 2 is 2.24 bits per heavy atom. The van der Waals surface area contributed by atoms with Crippen molar-refractivity contribution in [2.75, 3.05) is 13.2 Å². The van der Waals surface area contributed by atoms with Gasteiger partial charge in [0.1, 0.15) is 0 Å². The summed E-state index contributed by atoms with van der Waals surface area (Å²) in [6.07, 6.45) is 7.53. The van der Waals surface area contributed by atoms with Gasteiger partial charge in [-0.05, 0) is 46.8 Å². The van der Waals surface area contributed by atoms with E-state index in [1.165, 1.54) is 0 Å². The molecule has 0 amide bonds. The third-order valence-electron chi connectivity index (χ3n) is 4.72. The van der Waals surface area contributed by atoms with E-state index in [2.05, 4.69) is 26.0 Å². The molecule has 0 aromatic carbocycles. The van der Waals surface area contributed by atoms with Gasteiger partial charge in [-0.2, -0.15) is 5.10 Å². The van der Waals surface area contributed by atoms with Gasteiger partial charge < -0.3 is 9.30 Å². The maximum Gasteiger partial charge on any atom is 0.265 e. The molecule has 0 N–H and O–H groups in total. The molecule has 130 valence electrons. The number of halogens is 1. The summed E-state index contributed by atoms with van der Waals surface area (Å²) in [5.41, 5.74) is 2.66. The molecule has 1 unspecified atom stereocenters. The van der Waals surface area contributed by atoms with E-state index in [4.69, 9.17) is 4.74 Å². The van der Waals surface area contributed by atoms with Gasteiger partial charge in [0, 0.05) is 50.1 Å². The first-order valence-corrected chi connectivity index (χ1v) is 9.17. The van der Waals surface area contributed by atoms with Gasteiger partial charge >= 0.3 is 0 Å². The molecule has 25 heavy (non-hydrogen) atoms. The summed E-state index contributed by atoms with van der Waals surface area (Å²) in [5, 5.41) is 5.15. The van der Waals surface area contributed by atoms with Gasteiger partial charge in [0.05, 0.1) is 21.9 Å². The lowest BCUT2D eigenvalue weighted by Gasteiger charge is -2.14. The molecule has 1 fully saturated rings. The van der Waals surface area contributed by atoms with Crippen molar-refractivity contribution in [3.05, 3.63) is 45.5 Å². The van der Waals surface area contributed by atoms with Crippen LogP contribution < -0.4 is 5.56 Å². The van der Waals surface area contributed by atoms with E-state index >= 15 is 0 Å². The summed E-state index contributed by atoms with van der Waals surface area (Å²) in [6, 6.07) is 3.82. The Morgan fingerprint density at radius 3 is 2.96 bits per heavy atom. The van der Waals surface area contributed by atoms with E-state index in [0.29, 0.717) is 16.9 Å². The first-order chi connectivity index (χ1) is 12.1. The zero-order valence-electron chi connectivity index (χ0n) is 14.0. The number of hydrogen-bond donors (Lipinski definition) is 0. The van der Waals surface area contributed by atoms with Gasteiger partial charge in [0.25, 0.3) is 5.56 Å². The van der Waals surface area contributed by atoms with Gasteiger partial charge in [0.15, 0.2) is 0 Å².